The van der Waals surface area contributed by atoms with Gasteiger partial charge < -0.3 is 26.6 Å². The maximum atomic E-state index is 13.4. The summed E-state index contributed by atoms with van der Waals surface area (Å²) in [6, 6.07) is 2.20. The lowest BCUT2D eigenvalue weighted by Gasteiger charge is -2.39. The van der Waals surface area contributed by atoms with Gasteiger partial charge in [-0.05, 0) is 32.6 Å². The third-order valence-electron chi connectivity index (χ3n) is 6.85. The Bertz CT molecular complexity index is 960. The summed E-state index contributed by atoms with van der Waals surface area (Å²) < 4.78 is 1.84. The Hall–Kier alpha value is -2.27. The van der Waals surface area contributed by atoms with Crippen LogP contribution in [0, 0.1) is 12.8 Å². The molecule has 31 heavy (non-hydrogen) atoms. The molecule has 6 N–H and O–H groups in total. The van der Waals surface area contributed by atoms with Gasteiger partial charge in [0.15, 0.2) is 5.65 Å². The quantitative estimate of drug-likeness (QED) is 0.524. The molecule has 3 aliphatic heterocycles. The Morgan fingerprint density at radius 3 is 2.87 bits per heavy atom. The van der Waals surface area contributed by atoms with Gasteiger partial charge in [0.05, 0.1) is 23.8 Å². The van der Waals surface area contributed by atoms with Gasteiger partial charge in [0.1, 0.15) is 5.82 Å². The molecule has 0 saturated carbocycles. The molecule has 0 radical (unpaired) electrons. The molecule has 0 aliphatic carbocycles. The molecule has 5 heterocycles. The lowest BCUT2D eigenvalue weighted by molar-refractivity contribution is -0.141. The number of carbonyl (C=O) groups is 1. The van der Waals surface area contributed by atoms with E-state index in [1.165, 1.54) is 0 Å². The van der Waals surface area contributed by atoms with Crippen molar-refractivity contribution in [1.82, 2.24) is 30.1 Å². The SMILES string of the molecule is Cc1cn2nc([C@@H]3CCCCN3C(=O)C3CNCNC3N)cc2nc1N1CC[C@H](N)C1. The Kier molecular flexibility index (Phi) is 5.55. The maximum absolute atomic E-state index is 13.4. The van der Waals surface area contributed by atoms with Crippen LogP contribution in [0.1, 0.15) is 43.0 Å². The first-order valence-electron chi connectivity index (χ1n) is 11.4. The first-order chi connectivity index (χ1) is 15.0. The van der Waals surface area contributed by atoms with Gasteiger partial charge in [-0.2, -0.15) is 5.10 Å². The van der Waals surface area contributed by atoms with E-state index in [-0.39, 0.29) is 30.1 Å². The highest BCUT2D eigenvalue weighted by Crippen LogP contribution is 2.33. The van der Waals surface area contributed by atoms with Crippen LogP contribution in [0.5, 0.6) is 0 Å². The molecule has 10 heteroatoms. The first kappa shape index (κ1) is 20.6. The maximum Gasteiger partial charge on any atom is 0.230 e. The van der Waals surface area contributed by atoms with E-state index in [0.29, 0.717) is 13.2 Å². The summed E-state index contributed by atoms with van der Waals surface area (Å²) in [7, 11) is 0. The van der Waals surface area contributed by atoms with Crippen LogP contribution in [0.2, 0.25) is 0 Å². The van der Waals surface area contributed by atoms with Crippen LogP contribution >= 0.6 is 0 Å². The van der Waals surface area contributed by atoms with Gasteiger partial charge in [0, 0.05) is 56.7 Å². The smallest absolute Gasteiger partial charge is 0.230 e. The lowest BCUT2D eigenvalue weighted by Crippen LogP contribution is -2.61. The largest absolute Gasteiger partial charge is 0.355 e. The molecule has 2 unspecified atom stereocenters. The Morgan fingerprint density at radius 2 is 2.10 bits per heavy atom. The number of piperidine rings is 1. The van der Waals surface area contributed by atoms with Gasteiger partial charge in [-0.3, -0.25) is 10.1 Å². The summed E-state index contributed by atoms with van der Waals surface area (Å²) in [5, 5.41) is 11.2. The Balaban J connectivity index is 1.43. The molecular weight excluding hydrogens is 394 g/mol. The number of nitrogens with one attached hydrogen (secondary N) is 2. The Labute approximate surface area is 182 Å². The number of fused-ring (bicyclic) bond motifs is 1. The summed E-state index contributed by atoms with van der Waals surface area (Å²) >= 11 is 0. The van der Waals surface area contributed by atoms with E-state index in [1.807, 2.05) is 21.7 Å². The van der Waals surface area contributed by atoms with Crippen molar-refractivity contribution in [1.29, 1.82) is 0 Å². The van der Waals surface area contributed by atoms with Crippen LogP contribution in [-0.2, 0) is 4.79 Å². The van der Waals surface area contributed by atoms with Crippen LogP contribution < -0.4 is 27.0 Å². The van der Waals surface area contributed by atoms with Crippen LogP contribution in [0.25, 0.3) is 5.65 Å². The van der Waals surface area contributed by atoms with E-state index in [4.69, 9.17) is 21.5 Å². The van der Waals surface area contributed by atoms with Crippen molar-refractivity contribution < 1.29 is 4.79 Å². The summed E-state index contributed by atoms with van der Waals surface area (Å²) in [6.07, 6.45) is 5.70. The van der Waals surface area contributed by atoms with Gasteiger partial charge >= 0.3 is 0 Å². The van der Waals surface area contributed by atoms with Crippen molar-refractivity contribution in [3.63, 3.8) is 0 Å². The van der Waals surface area contributed by atoms with E-state index >= 15 is 0 Å². The molecule has 168 valence electrons. The summed E-state index contributed by atoms with van der Waals surface area (Å²) in [4.78, 5) is 22.5. The second kappa shape index (κ2) is 8.34. The molecule has 10 nitrogen and oxygen atoms in total. The minimum Gasteiger partial charge on any atom is -0.355 e. The molecule has 2 aromatic heterocycles. The van der Waals surface area contributed by atoms with Crippen LogP contribution in [-0.4, -0.2) is 70.5 Å². The van der Waals surface area contributed by atoms with E-state index in [2.05, 4.69) is 22.5 Å². The highest BCUT2D eigenvalue weighted by Gasteiger charge is 2.37. The monoisotopic (exact) mass is 427 g/mol. The van der Waals surface area contributed by atoms with Gasteiger partial charge in [-0.15, -0.1) is 0 Å². The zero-order valence-electron chi connectivity index (χ0n) is 18.1. The minimum atomic E-state index is -0.323. The fraction of sp³-hybridized carbons (Fsp3) is 0.667. The standard InChI is InChI=1S/C21H33N9O/c1-13-10-30-18(26-20(13)28-7-5-14(22)11-28)8-16(27-30)17-4-2-3-6-29(17)21(31)15-9-24-12-25-19(15)23/h8,10,14-15,17,19,24-25H,2-7,9,11-12,22-23H2,1H3/t14-,15?,17-,19?/m0/s1. The molecule has 2 aromatic rings. The molecule has 4 atom stereocenters. The number of likely N-dealkylation sites (tertiary alicyclic amines) is 1. The highest BCUT2D eigenvalue weighted by atomic mass is 16.2. The van der Waals surface area contributed by atoms with Crippen molar-refractivity contribution in [2.75, 3.05) is 37.7 Å². The predicted molar refractivity (Wildman–Crippen MR) is 118 cm³/mol. The molecule has 0 spiro atoms. The molecule has 3 fully saturated rings. The fourth-order valence-electron chi connectivity index (χ4n) is 5.13. The van der Waals surface area contributed by atoms with Crippen LogP contribution in [0.4, 0.5) is 5.82 Å². The van der Waals surface area contributed by atoms with Crippen molar-refractivity contribution in [3.8, 4) is 0 Å². The van der Waals surface area contributed by atoms with Crippen LogP contribution in [0.3, 0.4) is 0 Å². The summed E-state index contributed by atoms with van der Waals surface area (Å²) in [5.41, 5.74) is 15.1. The zero-order chi connectivity index (χ0) is 21.5. The average Bonchev–Trinajstić information content (AvgIpc) is 3.38. The highest BCUT2D eigenvalue weighted by molar-refractivity contribution is 5.80. The number of rotatable bonds is 3. The number of carbonyl (C=O) groups excluding carboxylic acids is 1. The van der Waals surface area contributed by atoms with Crippen molar-refractivity contribution in [2.24, 2.45) is 17.4 Å². The number of anilines is 1. The van der Waals surface area contributed by atoms with Gasteiger partial charge in [0.25, 0.3) is 0 Å². The zero-order valence-corrected chi connectivity index (χ0v) is 18.1. The van der Waals surface area contributed by atoms with Crippen molar-refractivity contribution in [3.05, 3.63) is 23.5 Å². The predicted octanol–water partition coefficient (Wildman–Crippen LogP) is -0.320. The van der Waals surface area contributed by atoms with Gasteiger partial charge in [-0.25, -0.2) is 9.50 Å². The normalized spacial score (nSPS) is 29.6. The molecule has 0 aromatic carbocycles. The molecule has 3 aliphatic rings. The van der Waals surface area contributed by atoms with Gasteiger partial charge in [-0.1, -0.05) is 0 Å². The molecule has 0 bridgehead atoms. The summed E-state index contributed by atoms with van der Waals surface area (Å²) in [6.45, 7) is 5.80. The average molecular weight is 428 g/mol. The van der Waals surface area contributed by atoms with E-state index in [1.54, 1.807) is 0 Å². The number of hydrogen-bond donors (Lipinski definition) is 4. The topological polar surface area (TPSA) is 130 Å². The third kappa shape index (κ3) is 3.89. The number of nitrogens with zero attached hydrogens (tertiary/aromatic N) is 5. The third-order valence-corrected chi connectivity index (χ3v) is 6.85. The molecule has 5 rings (SSSR count). The number of aryl methyl sites for hydroxylation is 1. The van der Waals surface area contributed by atoms with E-state index in [9.17, 15) is 4.79 Å². The summed E-state index contributed by atoms with van der Waals surface area (Å²) in [5.74, 6) is 0.816. The second-order valence-corrected chi connectivity index (χ2v) is 9.12. The van der Waals surface area contributed by atoms with E-state index in [0.717, 1.165) is 68.0 Å². The van der Waals surface area contributed by atoms with E-state index < -0.39 is 0 Å². The fourth-order valence-corrected chi connectivity index (χ4v) is 5.13. The second-order valence-electron chi connectivity index (χ2n) is 9.12. The molecule has 3 saturated heterocycles. The number of hydrogen-bond acceptors (Lipinski definition) is 8. The number of amides is 1. The Morgan fingerprint density at radius 1 is 1.23 bits per heavy atom. The van der Waals surface area contributed by atoms with Crippen molar-refractivity contribution in [2.45, 2.75) is 50.9 Å². The first-order valence-corrected chi connectivity index (χ1v) is 11.4. The number of aromatic nitrogens is 3. The minimum absolute atomic E-state index is 0.0407. The van der Waals surface area contributed by atoms with Crippen molar-refractivity contribution >= 4 is 17.4 Å². The van der Waals surface area contributed by atoms with Crippen LogP contribution in [0.15, 0.2) is 12.3 Å². The van der Waals surface area contributed by atoms with Gasteiger partial charge in [0.2, 0.25) is 5.91 Å². The lowest BCUT2D eigenvalue weighted by atomic mass is 9.95. The number of nitrogens with two attached hydrogens (primary N) is 2. The molecule has 1 amide bonds. The molecular formula is C21H33N9O.